The number of allylic oxidation sites excluding steroid dienone is 2. The zero-order chi connectivity index (χ0) is 19.6. The molecule has 0 N–H and O–H groups in total. The predicted molar refractivity (Wildman–Crippen MR) is 91.9 cm³/mol. The zero-order valence-electron chi connectivity index (χ0n) is 15.1. The van der Waals surface area contributed by atoms with E-state index >= 15 is 0 Å². The van der Waals surface area contributed by atoms with Gasteiger partial charge in [-0.15, -0.1) is 0 Å². The van der Waals surface area contributed by atoms with Crippen molar-refractivity contribution in [3.8, 4) is 5.75 Å². The molecule has 0 aromatic heterocycles. The van der Waals surface area contributed by atoms with Gasteiger partial charge in [-0.05, 0) is 30.6 Å². The highest BCUT2D eigenvalue weighted by Gasteiger charge is 2.30. The van der Waals surface area contributed by atoms with Crippen molar-refractivity contribution in [1.29, 1.82) is 0 Å². The van der Waals surface area contributed by atoms with Crippen LogP contribution in [0.5, 0.6) is 5.75 Å². The molecule has 0 saturated carbocycles. The fraction of sp³-hybridized carbons (Fsp3) is 0.400. The Balaban J connectivity index is 2.28. The smallest absolute Gasteiger partial charge is 0.204 e. The third-order valence-electron chi connectivity index (χ3n) is 4.41. The lowest BCUT2D eigenvalue weighted by Crippen LogP contribution is -2.18. The topological polar surface area (TPSA) is 18.5 Å². The van der Waals surface area contributed by atoms with Crippen LogP contribution in [0.25, 0.3) is 0 Å². The zero-order valence-corrected chi connectivity index (χ0v) is 15.1. The molecule has 2 unspecified atom stereocenters. The van der Waals surface area contributed by atoms with Crippen molar-refractivity contribution in [2.75, 3.05) is 6.61 Å². The van der Waals surface area contributed by atoms with E-state index in [2.05, 4.69) is 13.2 Å². The lowest BCUT2D eigenvalue weighted by Gasteiger charge is -2.24. The van der Waals surface area contributed by atoms with E-state index in [-0.39, 0.29) is 47.5 Å². The van der Waals surface area contributed by atoms with Crippen LogP contribution in [0.1, 0.15) is 32.8 Å². The van der Waals surface area contributed by atoms with Crippen molar-refractivity contribution in [1.82, 2.24) is 0 Å². The fourth-order valence-corrected chi connectivity index (χ4v) is 2.44. The van der Waals surface area contributed by atoms with Crippen LogP contribution in [0.15, 0.2) is 42.0 Å². The Bertz CT molecular complexity index is 768. The number of hydrogen-bond acceptors (Lipinski definition) is 2. The van der Waals surface area contributed by atoms with Gasteiger partial charge in [0.05, 0.1) is 12.7 Å². The van der Waals surface area contributed by atoms with Crippen LogP contribution >= 0.6 is 0 Å². The van der Waals surface area contributed by atoms with E-state index in [0.717, 1.165) is 12.5 Å². The van der Waals surface area contributed by atoms with E-state index < -0.39 is 29.0 Å². The van der Waals surface area contributed by atoms with Crippen LogP contribution in [0.2, 0.25) is 0 Å². The maximum atomic E-state index is 14.8. The molecule has 0 aliphatic carbocycles. The summed E-state index contributed by atoms with van der Waals surface area (Å²) < 4.78 is 66.4. The molecule has 1 heterocycles. The molecule has 1 aromatic carbocycles. The normalized spacial score (nSPS) is 18.0. The molecule has 1 aliphatic heterocycles. The SMILES string of the molecule is C=C1Cc2cc(F)c(F)c(F)c2O/C1=C(\F)C(=C)C(C)COC(C)CC. The van der Waals surface area contributed by atoms with Crippen molar-refractivity contribution in [2.45, 2.75) is 39.7 Å². The van der Waals surface area contributed by atoms with Crippen molar-refractivity contribution in [2.24, 2.45) is 5.92 Å². The van der Waals surface area contributed by atoms with Gasteiger partial charge in [0.1, 0.15) is 0 Å². The maximum absolute atomic E-state index is 14.8. The van der Waals surface area contributed by atoms with Crippen LogP contribution < -0.4 is 4.74 Å². The summed E-state index contributed by atoms with van der Waals surface area (Å²) in [6.45, 7) is 13.3. The number of ether oxygens (including phenoxy) is 2. The molecule has 0 saturated heterocycles. The summed E-state index contributed by atoms with van der Waals surface area (Å²) in [7, 11) is 0. The van der Waals surface area contributed by atoms with Gasteiger partial charge in [-0.3, -0.25) is 0 Å². The molecule has 142 valence electrons. The highest BCUT2D eigenvalue weighted by molar-refractivity contribution is 5.50. The summed E-state index contributed by atoms with van der Waals surface area (Å²) in [6, 6.07) is 0.824. The maximum Gasteiger partial charge on any atom is 0.204 e. The Kier molecular flexibility index (Phi) is 6.29. The average molecular weight is 370 g/mol. The van der Waals surface area contributed by atoms with E-state index in [1.165, 1.54) is 0 Å². The number of hydrogen-bond donors (Lipinski definition) is 0. The molecule has 1 aliphatic rings. The van der Waals surface area contributed by atoms with Gasteiger partial charge >= 0.3 is 0 Å². The number of benzene rings is 1. The minimum Gasteiger partial charge on any atom is -0.450 e. The monoisotopic (exact) mass is 370 g/mol. The largest absolute Gasteiger partial charge is 0.450 e. The molecule has 2 atom stereocenters. The standard InChI is InChI=1S/C20H22F4O2/c1-6-12(4)25-9-11(3)13(5)16(22)19-10(2)7-14-8-15(21)17(23)18(24)20(14)26-19/h8,11-12H,2,5-7,9H2,1,3-4H3/b19-16-. The first-order valence-corrected chi connectivity index (χ1v) is 8.40. The summed E-state index contributed by atoms with van der Waals surface area (Å²) >= 11 is 0. The predicted octanol–water partition coefficient (Wildman–Crippen LogP) is 5.78. The van der Waals surface area contributed by atoms with Gasteiger partial charge in [-0.25, -0.2) is 13.2 Å². The van der Waals surface area contributed by atoms with E-state index in [1.54, 1.807) is 6.92 Å². The molecule has 2 nitrogen and oxygen atoms in total. The molecule has 6 heteroatoms. The summed E-state index contributed by atoms with van der Waals surface area (Å²) in [5, 5.41) is 0. The molecule has 0 bridgehead atoms. The first-order chi connectivity index (χ1) is 12.2. The summed E-state index contributed by atoms with van der Waals surface area (Å²) in [4.78, 5) is 0. The molecule has 0 spiro atoms. The molecule has 26 heavy (non-hydrogen) atoms. The minimum atomic E-state index is -1.66. The Morgan fingerprint density at radius 3 is 2.54 bits per heavy atom. The van der Waals surface area contributed by atoms with Crippen molar-refractivity contribution >= 4 is 0 Å². The van der Waals surface area contributed by atoms with Gasteiger partial charge in [0.2, 0.25) is 5.82 Å². The quantitative estimate of drug-likeness (QED) is 0.467. The third-order valence-corrected chi connectivity index (χ3v) is 4.41. The highest BCUT2D eigenvalue weighted by Crippen LogP contribution is 2.39. The highest BCUT2D eigenvalue weighted by atomic mass is 19.2. The van der Waals surface area contributed by atoms with Gasteiger partial charge in [0, 0.05) is 17.9 Å². The lowest BCUT2D eigenvalue weighted by atomic mass is 9.96. The summed E-state index contributed by atoms with van der Waals surface area (Å²) in [5.41, 5.74) is 0.370. The second-order valence-corrected chi connectivity index (χ2v) is 6.48. The van der Waals surface area contributed by atoms with Crippen molar-refractivity contribution < 1.29 is 27.0 Å². The summed E-state index contributed by atoms with van der Waals surface area (Å²) in [5.74, 6) is -6.48. The molecule has 0 amide bonds. The van der Waals surface area contributed by atoms with E-state index in [1.807, 2.05) is 13.8 Å². The number of rotatable bonds is 6. The Labute approximate surface area is 150 Å². The van der Waals surface area contributed by atoms with Crippen LogP contribution in [0.3, 0.4) is 0 Å². The van der Waals surface area contributed by atoms with E-state index in [9.17, 15) is 17.6 Å². The minimum absolute atomic E-state index is 0.0284. The van der Waals surface area contributed by atoms with Gasteiger partial charge < -0.3 is 9.47 Å². The lowest BCUT2D eigenvalue weighted by molar-refractivity contribution is 0.0485. The van der Waals surface area contributed by atoms with Gasteiger partial charge in [0.25, 0.3) is 0 Å². The van der Waals surface area contributed by atoms with Gasteiger partial charge in [-0.2, -0.15) is 4.39 Å². The van der Waals surface area contributed by atoms with Gasteiger partial charge in [0.15, 0.2) is 29.0 Å². The Morgan fingerprint density at radius 1 is 1.27 bits per heavy atom. The second kappa shape index (κ2) is 8.08. The number of fused-ring (bicyclic) bond motifs is 1. The molecular weight excluding hydrogens is 348 g/mol. The van der Waals surface area contributed by atoms with Crippen LogP contribution in [-0.4, -0.2) is 12.7 Å². The Morgan fingerprint density at radius 2 is 1.92 bits per heavy atom. The van der Waals surface area contributed by atoms with Crippen LogP contribution in [0.4, 0.5) is 17.6 Å². The van der Waals surface area contributed by atoms with E-state index in [4.69, 9.17) is 9.47 Å². The second-order valence-electron chi connectivity index (χ2n) is 6.48. The molecular formula is C20H22F4O2. The summed E-state index contributed by atoms with van der Waals surface area (Å²) in [6.07, 6.45) is 0.790. The van der Waals surface area contributed by atoms with Gasteiger partial charge in [-0.1, -0.05) is 27.0 Å². The molecule has 0 fully saturated rings. The molecule has 0 radical (unpaired) electrons. The molecule has 2 rings (SSSR count). The molecule has 1 aromatic rings. The third kappa shape index (κ3) is 4.01. The first-order valence-electron chi connectivity index (χ1n) is 8.40. The Hall–Kier alpha value is -2.08. The van der Waals surface area contributed by atoms with E-state index in [0.29, 0.717) is 0 Å². The fourth-order valence-electron chi connectivity index (χ4n) is 2.44. The number of halogens is 4. The first kappa shape index (κ1) is 20.2. The average Bonchev–Trinajstić information content (AvgIpc) is 2.62. The van der Waals surface area contributed by atoms with Crippen LogP contribution in [-0.2, 0) is 11.2 Å². The van der Waals surface area contributed by atoms with Crippen molar-refractivity contribution in [3.05, 3.63) is 65.0 Å². The van der Waals surface area contributed by atoms with Crippen LogP contribution in [0, 0.1) is 23.4 Å². The van der Waals surface area contributed by atoms with Crippen molar-refractivity contribution in [3.63, 3.8) is 0 Å².